The predicted octanol–water partition coefficient (Wildman–Crippen LogP) is 1.71. The van der Waals surface area contributed by atoms with Crippen LogP contribution in [0.25, 0.3) is 0 Å². The van der Waals surface area contributed by atoms with Crippen LogP contribution >= 0.6 is 31.9 Å². The van der Waals surface area contributed by atoms with Gasteiger partial charge in [-0.15, -0.1) is 0 Å². The number of ether oxygens (including phenoxy) is 1. The maximum Gasteiger partial charge on any atom is 0.321 e. The normalized spacial score (nSPS) is 11.9. The predicted molar refractivity (Wildman–Crippen MR) is 63.5 cm³/mol. The van der Waals surface area contributed by atoms with Crippen molar-refractivity contribution in [2.75, 3.05) is 13.7 Å². The van der Waals surface area contributed by atoms with Crippen molar-refractivity contribution in [3.63, 3.8) is 0 Å². The molecular formula is C9H9Br2NO4. The number of amides is 1. The lowest BCUT2D eigenvalue weighted by atomic mass is 10.3. The Balaban J connectivity index is 2.48. The molecule has 0 spiro atoms. The summed E-state index contributed by atoms with van der Waals surface area (Å²) in [6, 6.07) is 1.53. The number of carbonyl (C=O) groups is 2. The first-order valence-electron chi connectivity index (χ1n) is 4.29. The Morgan fingerprint density at radius 2 is 2.31 bits per heavy atom. The molecule has 1 N–H and O–H groups in total. The topological polar surface area (TPSA) is 68.5 Å². The Morgan fingerprint density at radius 1 is 1.62 bits per heavy atom. The SMILES string of the molecule is COC(=O)C(Br)CNC(=O)c1ccoc1Br. The third kappa shape index (κ3) is 3.34. The van der Waals surface area contributed by atoms with Gasteiger partial charge in [0.25, 0.3) is 5.91 Å². The molecule has 88 valence electrons. The van der Waals surface area contributed by atoms with E-state index in [0.29, 0.717) is 10.2 Å². The van der Waals surface area contributed by atoms with E-state index in [0.717, 1.165) is 0 Å². The van der Waals surface area contributed by atoms with Crippen molar-refractivity contribution in [1.29, 1.82) is 0 Å². The average molecular weight is 355 g/mol. The Bertz CT molecular complexity index is 391. The summed E-state index contributed by atoms with van der Waals surface area (Å²) in [5, 5.41) is 2.56. The molecule has 1 aromatic rings. The molecular weight excluding hydrogens is 346 g/mol. The van der Waals surface area contributed by atoms with Crippen molar-refractivity contribution in [3.05, 3.63) is 22.6 Å². The fraction of sp³-hybridized carbons (Fsp3) is 0.333. The van der Waals surface area contributed by atoms with Gasteiger partial charge >= 0.3 is 5.97 Å². The first-order valence-corrected chi connectivity index (χ1v) is 6.00. The largest absolute Gasteiger partial charge is 0.468 e. The molecule has 0 saturated heterocycles. The number of hydrogen-bond acceptors (Lipinski definition) is 4. The Hall–Kier alpha value is -0.820. The number of esters is 1. The number of rotatable bonds is 4. The van der Waals surface area contributed by atoms with Crippen molar-refractivity contribution in [2.24, 2.45) is 0 Å². The van der Waals surface area contributed by atoms with E-state index in [2.05, 4.69) is 41.9 Å². The Kier molecular flexibility index (Phi) is 5.01. The van der Waals surface area contributed by atoms with Crippen molar-refractivity contribution < 1.29 is 18.7 Å². The number of furan rings is 1. The van der Waals surface area contributed by atoms with Crippen LogP contribution in [0, 0.1) is 0 Å². The zero-order valence-electron chi connectivity index (χ0n) is 8.33. The van der Waals surface area contributed by atoms with Gasteiger partial charge in [-0.25, -0.2) is 0 Å². The molecule has 0 saturated carbocycles. The first kappa shape index (κ1) is 13.2. The highest BCUT2D eigenvalue weighted by Gasteiger charge is 2.18. The van der Waals surface area contributed by atoms with Crippen molar-refractivity contribution in [2.45, 2.75) is 4.83 Å². The molecule has 16 heavy (non-hydrogen) atoms. The molecule has 0 aliphatic rings. The quantitative estimate of drug-likeness (QED) is 0.660. The van der Waals surface area contributed by atoms with E-state index in [9.17, 15) is 9.59 Å². The minimum absolute atomic E-state index is 0.142. The summed E-state index contributed by atoms with van der Waals surface area (Å²) in [6.07, 6.45) is 1.39. The molecule has 1 unspecified atom stereocenters. The third-order valence-electron chi connectivity index (χ3n) is 1.76. The van der Waals surface area contributed by atoms with Crippen LogP contribution in [-0.2, 0) is 9.53 Å². The highest BCUT2D eigenvalue weighted by atomic mass is 79.9. The fourth-order valence-corrected chi connectivity index (χ4v) is 1.71. The summed E-state index contributed by atoms with van der Waals surface area (Å²) in [6.45, 7) is 0.142. The van der Waals surface area contributed by atoms with Crippen LogP contribution in [0.5, 0.6) is 0 Å². The van der Waals surface area contributed by atoms with Gasteiger partial charge in [-0.05, 0) is 22.0 Å². The average Bonchev–Trinajstić information content (AvgIpc) is 2.70. The molecule has 1 aromatic heterocycles. The molecule has 7 heteroatoms. The molecule has 1 amide bonds. The van der Waals surface area contributed by atoms with Crippen LogP contribution < -0.4 is 5.32 Å². The van der Waals surface area contributed by atoms with E-state index in [1.165, 1.54) is 19.4 Å². The lowest BCUT2D eigenvalue weighted by molar-refractivity contribution is -0.139. The number of alkyl halides is 1. The zero-order valence-corrected chi connectivity index (χ0v) is 11.5. The second-order valence-electron chi connectivity index (χ2n) is 2.81. The molecule has 0 fully saturated rings. The lowest BCUT2D eigenvalue weighted by Gasteiger charge is -2.08. The van der Waals surface area contributed by atoms with Crippen molar-refractivity contribution in [3.8, 4) is 0 Å². The van der Waals surface area contributed by atoms with Gasteiger partial charge in [0.15, 0.2) is 4.67 Å². The van der Waals surface area contributed by atoms with Gasteiger partial charge in [0.05, 0.1) is 18.9 Å². The number of methoxy groups -OCH3 is 1. The van der Waals surface area contributed by atoms with E-state index in [1.54, 1.807) is 0 Å². The fourth-order valence-electron chi connectivity index (χ4n) is 0.944. The van der Waals surface area contributed by atoms with Crippen LogP contribution in [0.2, 0.25) is 0 Å². The van der Waals surface area contributed by atoms with Gasteiger partial charge < -0.3 is 14.5 Å². The molecule has 0 aliphatic carbocycles. The van der Waals surface area contributed by atoms with Crippen LogP contribution in [-0.4, -0.2) is 30.4 Å². The number of carbonyl (C=O) groups excluding carboxylic acids is 2. The van der Waals surface area contributed by atoms with Crippen molar-refractivity contribution >= 4 is 43.7 Å². The highest BCUT2D eigenvalue weighted by Crippen LogP contribution is 2.17. The number of hydrogen-bond donors (Lipinski definition) is 1. The van der Waals surface area contributed by atoms with Gasteiger partial charge in [0, 0.05) is 6.54 Å². The number of nitrogens with one attached hydrogen (secondary N) is 1. The monoisotopic (exact) mass is 353 g/mol. The lowest BCUT2D eigenvalue weighted by Crippen LogP contribution is -2.33. The van der Waals surface area contributed by atoms with Gasteiger partial charge in [-0.2, -0.15) is 0 Å². The molecule has 1 rings (SSSR count). The van der Waals surface area contributed by atoms with E-state index in [4.69, 9.17) is 4.42 Å². The Morgan fingerprint density at radius 3 is 2.81 bits per heavy atom. The molecule has 0 bridgehead atoms. The van der Waals surface area contributed by atoms with E-state index >= 15 is 0 Å². The van der Waals surface area contributed by atoms with Crippen LogP contribution in [0.15, 0.2) is 21.4 Å². The summed E-state index contributed by atoms with van der Waals surface area (Å²) in [7, 11) is 1.28. The zero-order chi connectivity index (χ0) is 12.1. The van der Waals surface area contributed by atoms with Gasteiger partial charge in [0.2, 0.25) is 0 Å². The third-order valence-corrected chi connectivity index (χ3v) is 3.07. The molecule has 0 radical (unpaired) electrons. The minimum atomic E-state index is -0.563. The standard InChI is InChI=1S/C9H9Br2NO4/c1-15-9(14)6(10)4-12-8(13)5-2-3-16-7(5)11/h2-3,6H,4H2,1H3,(H,12,13). The maximum atomic E-state index is 11.6. The summed E-state index contributed by atoms with van der Waals surface area (Å²) < 4.78 is 9.76. The van der Waals surface area contributed by atoms with Gasteiger partial charge in [-0.3, -0.25) is 9.59 Å². The molecule has 1 atom stereocenters. The highest BCUT2D eigenvalue weighted by molar-refractivity contribution is 9.10. The second-order valence-corrected chi connectivity index (χ2v) is 4.63. The maximum absolute atomic E-state index is 11.6. The number of halogens is 2. The van der Waals surface area contributed by atoms with E-state index < -0.39 is 10.8 Å². The molecule has 1 heterocycles. The second kappa shape index (κ2) is 6.05. The van der Waals surface area contributed by atoms with Gasteiger partial charge in [0.1, 0.15) is 4.83 Å². The summed E-state index contributed by atoms with van der Waals surface area (Å²) >= 11 is 6.17. The summed E-state index contributed by atoms with van der Waals surface area (Å²) in [5.41, 5.74) is 0.379. The molecule has 5 nitrogen and oxygen atoms in total. The van der Waals surface area contributed by atoms with Crippen LogP contribution in [0.3, 0.4) is 0 Å². The van der Waals surface area contributed by atoms with Crippen LogP contribution in [0.1, 0.15) is 10.4 Å². The molecule has 0 aliphatic heterocycles. The summed E-state index contributed by atoms with van der Waals surface area (Å²) in [5.74, 6) is -0.763. The van der Waals surface area contributed by atoms with Crippen LogP contribution in [0.4, 0.5) is 0 Å². The van der Waals surface area contributed by atoms with E-state index in [-0.39, 0.29) is 12.5 Å². The van der Waals surface area contributed by atoms with E-state index in [1.807, 2.05) is 0 Å². The summed E-state index contributed by atoms with van der Waals surface area (Å²) in [4.78, 5) is 22.0. The molecule has 0 aromatic carbocycles. The smallest absolute Gasteiger partial charge is 0.321 e. The Labute approximate surface area is 109 Å². The minimum Gasteiger partial charge on any atom is -0.468 e. The first-order chi connectivity index (χ1) is 7.56. The van der Waals surface area contributed by atoms with Gasteiger partial charge in [-0.1, -0.05) is 15.9 Å². The van der Waals surface area contributed by atoms with Crippen molar-refractivity contribution in [1.82, 2.24) is 5.32 Å².